The van der Waals surface area contributed by atoms with Crippen molar-refractivity contribution in [3.05, 3.63) is 0 Å². The fourth-order valence-electron chi connectivity index (χ4n) is 2.99. The van der Waals surface area contributed by atoms with Crippen molar-refractivity contribution in [1.82, 2.24) is 5.32 Å². The largest absolute Gasteiger partial charge is 0.317 e. The van der Waals surface area contributed by atoms with Gasteiger partial charge >= 0.3 is 0 Å². The Labute approximate surface area is 92.8 Å². The number of ketones is 1. The molecule has 1 saturated carbocycles. The van der Waals surface area contributed by atoms with Crippen LogP contribution in [0.2, 0.25) is 0 Å². The minimum Gasteiger partial charge on any atom is -0.317 e. The van der Waals surface area contributed by atoms with Crippen molar-refractivity contribution in [1.29, 1.82) is 0 Å². The second kappa shape index (κ2) is 5.64. The van der Waals surface area contributed by atoms with Crippen molar-refractivity contribution in [3.8, 4) is 0 Å². The van der Waals surface area contributed by atoms with Crippen molar-refractivity contribution >= 4 is 5.78 Å². The number of Topliss-reactive ketones (excluding diaryl/α,β-unsaturated/α-hetero) is 1. The summed E-state index contributed by atoms with van der Waals surface area (Å²) in [5, 5.41) is 3.31. The van der Waals surface area contributed by atoms with Crippen molar-refractivity contribution in [3.63, 3.8) is 0 Å². The zero-order chi connectivity index (χ0) is 10.5. The molecule has 86 valence electrons. The molecular weight excluding hydrogens is 186 g/mol. The summed E-state index contributed by atoms with van der Waals surface area (Å²) in [6, 6.07) is 0. The lowest BCUT2D eigenvalue weighted by atomic mass is 9.89. The summed E-state index contributed by atoms with van der Waals surface area (Å²) in [7, 11) is 0. The van der Waals surface area contributed by atoms with E-state index in [9.17, 15) is 4.79 Å². The number of hydrogen-bond donors (Lipinski definition) is 1. The van der Waals surface area contributed by atoms with E-state index in [1.54, 1.807) is 0 Å². The van der Waals surface area contributed by atoms with Gasteiger partial charge in [0.05, 0.1) is 0 Å². The zero-order valence-corrected chi connectivity index (χ0v) is 9.63. The van der Waals surface area contributed by atoms with Crippen LogP contribution in [0.3, 0.4) is 0 Å². The molecule has 0 amide bonds. The van der Waals surface area contributed by atoms with Gasteiger partial charge in [-0.3, -0.25) is 4.79 Å². The van der Waals surface area contributed by atoms with Gasteiger partial charge in [-0.25, -0.2) is 0 Å². The molecule has 0 aromatic rings. The summed E-state index contributed by atoms with van der Waals surface area (Å²) in [5.41, 5.74) is 0. The fourth-order valence-corrected chi connectivity index (χ4v) is 2.99. The van der Waals surface area contributed by atoms with E-state index in [0.717, 1.165) is 38.3 Å². The van der Waals surface area contributed by atoms with Crippen LogP contribution in [-0.4, -0.2) is 18.9 Å². The molecule has 0 aromatic heterocycles. The highest BCUT2D eigenvalue weighted by molar-refractivity contribution is 5.81. The summed E-state index contributed by atoms with van der Waals surface area (Å²) in [6.45, 7) is 2.08. The second-order valence-corrected chi connectivity index (χ2v) is 5.18. The maximum absolute atomic E-state index is 11.9. The topological polar surface area (TPSA) is 29.1 Å². The van der Waals surface area contributed by atoms with Gasteiger partial charge in [-0.15, -0.1) is 0 Å². The lowest BCUT2D eigenvalue weighted by Gasteiger charge is -2.21. The summed E-state index contributed by atoms with van der Waals surface area (Å²) in [5.74, 6) is 1.80. The predicted molar refractivity (Wildman–Crippen MR) is 61.8 cm³/mol. The van der Waals surface area contributed by atoms with E-state index >= 15 is 0 Å². The van der Waals surface area contributed by atoms with E-state index in [2.05, 4.69) is 5.32 Å². The summed E-state index contributed by atoms with van der Waals surface area (Å²) in [6.07, 6.45) is 9.71. The van der Waals surface area contributed by atoms with Crippen molar-refractivity contribution in [2.45, 2.75) is 51.4 Å². The Hall–Kier alpha value is -0.370. The maximum Gasteiger partial charge on any atom is 0.136 e. The monoisotopic (exact) mass is 209 g/mol. The molecule has 1 heterocycles. The lowest BCUT2D eigenvalue weighted by molar-refractivity contribution is -0.123. The molecule has 2 nitrogen and oxygen atoms in total. The molecule has 1 aliphatic carbocycles. The molecular formula is C13H23NO. The van der Waals surface area contributed by atoms with Crippen LogP contribution in [0.5, 0.6) is 0 Å². The standard InChI is InChI=1S/C13H23NO/c15-13(12-7-9-14-10-8-12)6-5-11-3-1-2-4-11/h11-12,14H,1-10H2. The first kappa shape index (κ1) is 11.1. The van der Waals surface area contributed by atoms with Crippen molar-refractivity contribution < 1.29 is 4.79 Å². The van der Waals surface area contributed by atoms with E-state index in [0.29, 0.717) is 11.7 Å². The van der Waals surface area contributed by atoms with Crippen molar-refractivity contribution in [2.75, 3.05) is 13.1 Å². The van der Waals surface area contributed by atoms with E-state index in [1.807, 2.05) is 0 Å². The molecule has 0 spiro atoms. The van der Waals surface area contributed by atoms with Gasteiger partial charge < -0.3 is 5.32 Å². The summed E-state index contributed by atoms with van der Waals surface area (Å²) < 4.78 is 0. The Kier molecular flexibility index (Phi) is 4.18. The molecule has 0 atom stereocenters. The SMILES string of the molecule is O=C(CCC1CCCC1)C1CCNCC1. The van der Waals surface area contributed by atoms with Gasteiger partial charge in [0.2, 0.25) is 0 Å². The predicted octanol–water partition coefficient (Wildman–Crippen LogP) is 2.53. The van der Waals surface area contributed by atoms with Crippen LogP contribution in [0.15, 0.2) is 0 Å². The number of rotatable bonds is 4. The van der Waals surface area contributed by atoms with Crippen LogP contribution < -0.4 is 5.32 Å². The minimum absolute atomic E-state index is 0.382. The molecule has 2 rings (SSSR count). The maximum atomic E-state index is 11.9. The Morgan fingerprint density at radius 1 is 1.07 bits per heavy atom. The van der Waals surface area contributed by atoms with Gasteiger partial charge in [0.25, 0.3) is 0 Å². The number of carbonyl (C=O) groups is 1. The minimum atomic E-state index is 0.382. The molecule has 1 aliphatic heterocycles. The third kappa shape index (κ3) is 3.30. The first-order chi connectivity index (χ1) is 7.36. The third-order valence-corrected chi connectivity index (χ3v) is 4.07. The molecule has 15 heavy (non-hydrogen) atoms. The van der Waals surface area contributed by atoms with E-state index in [-0.39, 0.29) is 0 Å². The van der Waals surface area contributed by atoms with Gasteiger partial charge in [-0.1, -0.05) is 25.7 Å². The highest BCUT2D eigenvalue weighted by Crippen LogP contribution is 2.29. The normalized spacial score (nSPS) is 24.5. The number of hydrogen-bond acceptors (Lipinski definition) is 2. The quantitative estimate of drug-likeness (QED) is 0.771. The zero-order valence-electron chi connectivity index (χ0n) is 9.63. The Balaban J connectivity index is 1.66. The average molecular weight is 209 g/mol. The van der Waals surface area contributed by atoms with Crippen LogP contribution in [0.1, 0.15) is 51.4 Å². The van der Waals surface area contributed by atoms with E-state index < -0.39 is 0 Å². The number of piperidine rings is 1. The molecule has 1 saturated heterocycles. The number of nitrogens with one attached hydrogen (secondary N) is 1. The molecule has 2 aliphatic rings. The molecule has 2 heteroatoms. The van der Waals surface area contributed by atoms with E-state index in [4.69, 9.17) is 0 Å². The van der Waals surface area contributed by atoms with E-state index in [1.165, 1.54) is 32.1 Å². The summed E-state index contributed by atoms with van der Waals surface area (Å²) in [4.78, 5) is 11.9. The Morgan fingerprint density at radius 3 is 2.40 bits per heavy atom. The third-order valence-electron chi connectivity index (χ3n) is 4.07. The van der Waals surface area contributed by atoms with Gasteiger partial charge in [0.15, 0.2) is 0 Å². The highest BCUT2D eigenvalue weighted by Gasteiger charge is 2.22. The second-order valence-electron chi connectivity index (χ2n) is 5.18. The van der Waals surface area contributed by atoms with Crippen molar-refractivity contribution in [2.24, 2.45) is 11.8 Å². The number of carbonyl (C=O) groups excluding carboxylic acids is 1. The van der Waals surface area contributed by atoms with Gasteiger partial charge in [-0.2, -0.15) is 0 Å². The first-order valence-electron chi connectivity index (χ1n) is 6.59. The molecule has 0 unspecified atom stereocenters. The Morgan fingerprint density at radius 2 is 1.73 bits per heavy atom. The van der Waals surface area contributed by atoms with Gasteiger partial charge in [0, 0.05) is 12.3 Å². The lowest BCUT2D eigenvalue weighted by Crippen LogP contribution is -2.31. The molecule has 1 N–H and O–H groups in total. The Bertz CT molecular complexity index is 203. The molecule has 0 aromatic carbocycles. The van der Waals surface area contributed by atoms with Crippen LogP contribution in [0.25, 0.3) is 0 Å². The first-order valence-corrected chi connectivity index (χ1v) is 6.59. The summed E-state index contributed by atoms with van der Waals surface area (Å²) >= 11 is 0. The molecule has 0 bridgehead atoms. The van der Waals surface area contributed by atoms with Crippen LogP contribution in [0.4, 0.5) is 0 Å². The van der Waals surface area contributed by atoms with Crippen LogP contribution >= 0.6 is 0 Å². The van der Waals surface area contributed by atoms with Gasteiger partial charge in [-0.05, 0) is 38.3 Å². The molecule has 0 radical (unpaired) electrons. The molecule has 2 fully saturated rings. The van der Waals surface area contributed by atoms with Gasteiger partial charge in [0.1, 0.15) is 5.78 Å². The van der Waals surface area contributed by atoms with Crippen LogP contribution in [0, 0.1) is 11.8 Å². The average Bonchev–Trinajstić information content (AvgIpc) is 2.80. The fraction of sp³-hybridized carbons (Fsp3) is 0.923. The smallest absolute Gasteiger partial charge is 0.136 e. The highest BCUT2D eigenvalue weighted by atomic mass is 16.1. The van der Waals surface area contributed by atoms with Crippen LogP contribution in [-0.2, 0) is 4.79 Å².